The van der Waals surface area contributed by atoms with Crippen molar-refractivity contribution in [3.8, 4) is 0 Å². The quantitative estimate of drug-likeness (QED) is 0.846. The highest BCUT2D eigenvalue weighted by Crippen LogP contribution is 2.29. The summed E-state index contributed by atoms with van der Waals surface area (Å²) in [5.41, 5.74) is 7.20. The van der Waals surface area contributed by atoms with Gasteiger partial charge in [-0.15, -0.1) is 11.3 Å². The predicted molar refractivity (Wildman–Crippen MR) is 61.9 cm³/mol. The van der Waals surface area contributed by atoms with Gasteiger partial charge in [-0.2, -0.15) is 0 Å². The second-order valence-electron chi connectivity index (χ2n) is 3.90. The Labute approximate surface area is 93.7 Å². The van der Waals surface area contributed by atoms with E-state index in [1.54, 1.807) is 11.3 Å². The monoisotopic (exact) mass is 230 g/mol. The van der Waals surface area contributed by atoms with E-state index in [1.807, 2.05) is 0 Å². The van der Waals surface area contributed by atoms with Gasteiger partial charge >= 0.3 is 0 Å². The average Bonchev–Trinajstić information content (AvgIpc) is 2.73. The number of likely N-dealkylation sites (tertiary alicyclic amines) is 1. The van der Waals surface area contributed by atoms with Crippen LogP contribution in [0.1, 0.15) is 24.9 Å². The first kappa shape index (κ1) is 10.4. The smallest absolute Gasteiger partial charge is 0.0931 e. The molecule has 78 valence electrons. The topological polar surface area (TPSA) is 29.3 Å². The van der Waals surface area contributed by atoms with E-state index in [1.165, 1.54) is 5.56 Å². The largest absolute Gasteiger partial charge is 0.326 e. The van der Waals surface area contributed by atoms with Crippen LogP contribution in [0.5, 0.6) is 0 Å². The molecule has 1 saturated heterocycles. The molecule has 2 nitrogen and oxygen atoms in total. The van der Waals surface area contributed by atoms with E-state index in [4.69, 9.17) is 17.3 Å². The van der Waals surface area contributed by atoms with Gasteiger partial charge in [0.25, 0.3) is 0 Å². The minimum atomic E-state index is 0.353. The van der Waals surface area contributed by atoms with Crippen LogP contribution in [0.25, 0.3) is 0 Å². The highest BCUT2D eigenvalue weighted by atomic mass is 35.5. The molecule has 0 spiro atoms. The highest BCUT2D eigenvalue weighted by Gasteiger charge is 2.24. The summed E-state index contributed by atoms with van der Waals surface area (Å²) in [5.74, 6) is 0. The molecule has 2 atom stereocenters. The Bertz CT molecular complexity index is 313. The van der Waals surface area contributed by atoms with E-state index >= 15 is 0 Å². The summed E-state index contributed by atoms with van der Waals surface area (Å²) in [6, 6.07) is 2.86. The molecule has 0 aliphatic carbocycles. The summed E-state index contributed by atoms with van der Waals surface area (Å²) in [4.78, 5) is 2.42. The maximum atomic E-state index is 5.92. The zero-order chi connectivity index (χ0) is 10.1. The Hall–Kier alpha value is -0.0900. The Kier molecular flexibility index (Phi) is 3.12. The predicted octanol–water partition coefficient (Wildman–Crippen LogP) is 2.50. The van der Waals surface area contributed by atoms with E-state index in [0.29, 0.717) is 12.1 Å². The molecule has 2 heterocycles. The molecule has 0 bridgehead atoms. The molecule has 1 aromatic heterocycles. The zero-order valence-electron chi connectivity index (χ0n) is 8.24. The molecule has 0 amide bonds. The number of halogens is 1. The van der Waals surface area contributed by atoms with Gasteiger partial charge in [0.2, 0.25) is 0 Å². The summed E-state index contributed by atoms with van der Waals surface area (Å²) in [5, 5.41) is 2.14. The minimum Gasteiger partial charge on any atom is -0.326 e. The average molecular weight is 231 g/mol. The molecule has 0 aromatic carbocycles. The van der Waals surface area contributed by atoms with Gasteiger partial charge in [-0.25, -0.2) is 0 Å². The van der Waals surface area contributed by atoms with Crippen molar-refractivity contribution in [2.75, 3.05) is 13.1 Å². The Balaban J connectivity index is 2.05. The molecular formula is C10H15ClN2S. The summed E-state index contributed by atoms with van der Waals surface area (Å²) in [7, 11) is 0. The van der Waals surface area contributed by atoms with Crippen LogP contribution in [0.2, 0.25) is 4.34 Å². The normalized spacial score (nSPS) is 25.5. The fourth-order valence-electron chi connectivity index (χ4n) is 1.92. The molecule has 1 aromatic rings. The van der Waals surface area contributed by atoms with Crippen LogP contribution in [0.4, 0.5) is 0 Å². The number of nitrogens with two attached hydrogens (primary N) is 1. The molecule has 1 fully saturated rings. The molecule has 1 aliphatic rings. The van der Waals surface area contributed by atoms with Crippen molar-refractivity contribution in [1.82, 2.24) is 4.90 Å². The Morgan fingerprint density at radius 2 is 2.50 bits per heavy atom. The second kappa shape index (κ2) is 4.19. The van der Waals surface area contributed by atoms with E-state index in [0.717, 1.165) is 23.8 Å². The first-order valence-corrected chi connectivity index (χ1v) is 6.16. The van der Waals surface area contributed by atoms with E-state index in [2.05, 4.69) is 23.3 Å². The number of hydrogen-bond acceptors (Lipinski definition) is 3. The summed E-state index contributed by atoms with van der Waals surface area (Å²) in [6.07, 6.45) is 1.11. The maximum absolute atomic E-state index is 5.92. The Morgan fingerprint density at radius 3 is 3.00 bits per heavy atom. The van der Waals surface area contributed by atoms with Gasteiger partial charge < -0.3 is 5.73 Å². The molecule has 4 heteroatoms. The molecule has 2 N–H and O–H groups in total. The van der Waals surface area contributed by atoms with Gasteiger partial charge in [0.1, 0.15) is 0 Å². The van der Waals surface area contributed by atoms with Crippen LogP contribution in [-0.2, 0) is 0 Å². The van der Waals surface area contributed by atoms with Crippen molar-refractivity contribution in [3.63, 3.8) is 0 Å². The lowest BCUT2D eigenvalue weighted by Crippen LogP contribution is -2.28. The lowest BCUT2D eigenvalue weighted by Gasteiger charge is -2.23. The molecule has 0 radical (unpaired) electrons. The maximum Gasteiger partial charge on any atom is 0.0931 e. The van der Waals surface area contributed by atoms with Crippen LogP contribution in [0, 0.1) is 0 Å². The van der Waals surface area contributed by atoms with Crippen LogP contribution in [-0.4, -0.2) is 24.0 Å². The van der Waals surface area contributed by atoms with Crippen LogP contribution < -0.4 is 5.73 Å². The number of nitrogens with zero attached hydrogens (tertiary/aromatic N) is 1. The summed E-state index contributed by atoms with van der Waals surface area (Å²) < 4.78 is 0.871. The minimum absolute atomic E-state index is 0.353. The molecule has 0 saturated carbocycles. The number of rotatable bonds is 2. The third-order valence-electron chi connectivity index (χ3n) is 2.87. The van der Waals surface area contributed by atoms with Gasteiger partial charge in [0.05, 0.1) is 4.34 Å². The van der Waals surface area contributed by atoms with Crippen LogP contribution >= 0.6 is 22.9 Å². The molecule has 14 heavy (non-hydrogen) atoms. The second-order valence-corrected chi connectivity index (χ2v) is 5.45. The fraction of sp³-hybridized carbons (Fsp3) is 0.600. The van der Waals surface area contributed by atoms with Crippen molar-refractivity contribution in [2.24, 2.45) is 5.73 Å². The third kappa shape index (κ3) is 2.11. The lowest BCUT2D eigenvalue weighted by atomic mass is 10.1. The Morgan fingerprint density at radius 1 is 1.71 bits per heavy atom. The van der Waals surface area contributed by atoms with Crippen molar-refractivity contribution >= 4 is 22.9 Å². The van der Waals surface area contributed by atoms with E-state index in [-0.39, 0.29) is 0 Å². The van der Waals surface area contributed by atoms with Gasteiger partial charge in [-0.05, 0) is 30.4 Å². The van der Waals surface area contributed by atoms with Crippen molar-refractivity contribution in [1.29, 1.82) is 0 Å². The molecule has 1 aliphatic heterocycles. The summed E-state index contributed by atoms with van der Waals surface area (Å²) in [6.45, 7) is 4.33. The molecule has 2 rings (SSSR count). The van der Waals surface area contributed by atoms with Gasteiger partial charge in [-0.3, -0.25) is 4.90 Å². The first-order chi connectivity index (χ1) is 6.66. The van der Waals surface area contributed by atoms with Crippen molar-refractivity contribution in [3.05, 3.63) is 21.3 Å². The molecular weight excluding hydrogens is 216 g/mol. The summed E-state index contributed by atoms with van der Waals surface area (Å²) >= 11 is 7.51. The van der Waals surface area contributed by atoms with Gasteiger partial charge in [-0.1, -0.05) is 11.6 Å². The van der Waals surface area contributed by atoms with Crippen LogP contribution in [0.15, 0.2) is 11.4 Å². The highest BCUT2D eigenvalue weighted by molar-refractivity contribution is 7.14. The van der Waals surface area contributed by atoms with E-state index in [9.17, 15) is 0 Å². The van der Waals surface area contributed by atoms with Crippen molar-refractivity contribution in [2.45, 2.75) is 25.4 Å². The third-order valence-corrected chi connectivity index (χ3v) is 3.98. The fourth-order valence-corrected chi connectivity index (χ4v) is 2.90. The number of hydrogen-bond donors (Lipinski definition) is 1. The van der Waals surface area contributed by atoms with Gasteiger partial charge in [0, 0.05) is 25.2 Å². The SMILES string of the molecule is CC(c1csc(Cl)c1)N1CCC(N)C1. The van der Waals surface area contributed by atoms with Gasteiger partial charge in [0.15, 0.2) is 0 Å². The van der Waals surface area contributed by atoms with Crippen LogP contribution in [0.3, 0.4) is 0 Å². The standard InChI is InChI=1S/C10H15ClN2S/c1-7(8-4-10(11)14-6-8)13-3-2-9(12)5-13/h4,6-7,9H,2-3,5,12H2,1H3. The first-order valence-electron chi connectivity index (χ1n) is 4.90. The zero-order valence-corrected chi connectivity index (χ0v) is 9.81. The van der Waals surface area contributed by atoms with E-state index < -0.39 is 0 Å². The lowest BCUT2D eigenvalue weighted by molar-refractivity contribution is 0.260. The number of thiophene rings is 1. The van der Waals surface area contributed by atoms with Crippen molar-refractivity contribution < 1.29 is 0 Å². The molecule has 2 unspecified atom stereocenters.